The van der Waals surface area contributed by atoms with Gasteiger partial charge in [0, 0.05) is 11.6 Å². The summed E-state index contributed by atoms with van der Waals surface area (Å²) in [5, 5.41) is 12.6. The molecule has 3 aromatic rings. The second-order valence-corrected chi connectivity index (χ2v) is 6.62. The van der Waals surface area contributed by atoms with Crippen LogP contribution in [-0.2, 0) is 6.54 Å². The van der Waals surface area contributed by atoms with E-state index < -0.39 is 11.6 Å². The normalized spacial score (nSPS) is 12.2. The number of fused-ring (bicyclic) bond motifs is 1. The minimum absolute atomic E-state index is 0.0368. The molecule has 0 amide bonds. The van der Waals surface area contributed by atoms with Gasteiger partial charge in [0.1, 0.15) is 17.2 Å². The maximum Gasteiger partial charge on any atom is 0.159 e. The van der Waals surface area contributed by atoms with Gasteiger partial charge in [-0.2, -0.15) is 0 Å². The van der Waals surface area contributed by atoms with Crippen molar-refractivity contribution in [1.82, 2.24) is 20.8 Å². The van der Waals surface area contributed by atoms with E-state index in [0.717, 1.165) is 0 Å². The Bertz CT molecular complexity index is 1000. The maximum absolute atomic E-state index is 14.2. The second-order valence-electron chi connectivity index (χ2n) is 6.21. The van der Waals surface area contributed by atoms with E-state index >= 15 is 0 Å². The molecule has 142 valence electrons. The Morgan fingerprint density at radius 1 is 1.26 bits per heavy atom. The number of rotatable bonds is 5. The molecule has 4 N–H and O–H groups in total. The van der Waals surface area contributed by atoms with Gasteiger partial charge < -0.3 is 10.3 Å². The first-order chi connectivity index (χ1) is 12.9. The summed E-state index contributed by atoms with van der Waals surface area (Å²) >= 11 is 5.77. The molecule has 0 fully saturated rings. The summed E-state index contributed by atoms with van der Waals surface area (Å²) in [6.45, 7) is 4.41. The fourth-order valence-corrected chi connectivity index (χ4v) is 2.69. The van der Waals surface area contributed by atoms with Crippen molar-refractivity contribution < 1.29 is 14.0 Å². The van der Waals surface area contributed by atoms with Gasteiger partial charge in [-0.25, -0.2) is 18.8 Å². The van der Waals surface area contributed by atoms with Crippen molar-refractivity contribution in [3.63, 3.8) is 0 Å². The number of aromatic nitrogens is 2. The largest absolute Gasteiger partial charge is 0.340 e. The van der Waals surface area contributed by atoms with Crippen LogP contribution in [0.3, 0.4) is 0 Å². The van der Waals surface area contributed by atoms with E-state index in [1.54, 1.807) is 0 Å². The molecule has 6 nitrogen and oxygen atoms in total. The molecule has 1 aromatic heterocycles. The van der Waals surface area contributed by atoms with E-state index in [4.69, 9.17) is 11.6 Å². The standard InChI is InChI=1S/C18H18ClF2N5O/c1-9(2)22-8-15-24-16-11(4-6-14(21)17(16)25-15)18(26-27)23-10-3-5-13(20)12(19)7-10/h3-7,9,22,27H,8H2,1-2H3,(H,23,26)(H,24,25). The zero-order chi connectivity index (χ0) is 19.6. The Balaban J connectivity index is 2.06. The molecule has 0 saturated heterocycles. The Morgan fingerprint density at radius 3 is 2.67 bits per heavy atom. The molecule has 0 aliphatic rings. The summed E-state index contributed by atoms with van der Waals surface area (Å²) in [4.78, 5) is 11.5. The molecular weight excluding hydrogens is 376 g/mol. The van der Waals surface area contributed by atoms with E-state index in [0.29, 0.717) is 29.1 Å². The highest BCUT2D eigenvalue weighted by molar-refractivity contribution is 6.31. The van der Waals surface area contributed by atoms with Gasteiger partial charge in [-0.15, -0.1) is 0 Å². The third kappa shape index (κ3) is 4.24. The summed E-state index contributed by atoms with van der Waals surface area (Å²) < 4.78 is 27.5. The summed E-state index contributed by atoms with van der Waals surface area (Å²) in [5.74, 6) is -0.487. The predicted molar refractivity (Wildman–Crippen MR) is 101 cm³/mol. The van der Waals surface area contributed by atoms with Crippen LogP contribution in [-0.4, -0.2) is 27.1 Å². The summed E-state index contributed by atoms with van der Waals surface area (Å²) in [7, 11) is 0. The quantitative estimate of drug-likeness (QED) is 0.299. The molecule has 0 bridgehead atoms. The van der Waals surface area contributed by atoms with Gasteiger partial charge in [-0.1, -0.05) is 25.4 Å². The molecule has 0 aliphatic heterocycles. The van der Waals surface area contributed by atoms with Crippen LogP contribution >= 0.6 is 11.6 Å². The van der Waals surface area contributed by atoms with Gasteiger partial charge in [0.15, 0.2) is 11.7 Å². The van der Waals surface area contributed by atoms with Crippen LogP contribution < -0.4 is 10.8 Å². The fraction of sp³-hybridized carbons (Fsp3) is 0.222. The van der Waals surface area contributed by atoms with Crippen molar-refractivity contribution in [2.24, 2.45) is 4.99 Å². The van der Waals surface area contributed by atoms with Crippen LogP contribution in [0, 0.1) is 11.6 Å². The van der Waals surface area contributed by atoms with Gasteiger partial charge in [-0.05, 0) is 30.3 Å². The van der Waals surface area contributed by atoms with Crippen molar-refractivity contribution in [1.29, 1.82) is 0 Å². The molecule has 0 atom stereocenters. The van der Waals surface area contributed by atoms with Gasteiger partial charge in [0.05, 0.1) is 22.8 Å². The van der Waals surface area contributed by atoms with Crippen molar-refractivity contribution in [3.8, 4) is 0 Å². The lowest BCUT2D eigenvalue weighted by molar-refractivity contribution is 0.235. The zero-order valence-electron chi connectivity index (χ0n) is 14.6. The maximum atomic E-state index is 14.2. The summed E-state index contributed by atoms with van der Waals surface area (Å²) in [5.41, 5.74) is 3.23. The Morgan fingerprint density at radius 2 is 2.00 bits per heavy atom. The lowest BCUT2D eigenvalue weighted by atomic mass is 10.1. The lowest BCUT2D eigenvalue weighted by Crippen LogP contribution is -2.22. The highest BCUT2D eigenvalue weighted by Gasteiger charge is 2.16. The number of imidazole rings is 1. The average Bonchev–Trinajstić information content (AvgIpc) is 3.07. The summed E-state index contributed by atoms with van der Waals surface area (Å²) in [6.07, 6.45) is 0. The Kier molecular flexibility index (Phi) is 5.69. The first-order valence-corrected chi connectivity index (χ1v) is 8.61. The van der Waals surface area contributed by atoms with Crippen LogP contribution in [0.1, 0.15) is 25.2 Å². The van der Waals surface area contributed by atoms with Gasteiger partial charge in [0.2, 0.25) is 0 Å². The minimum atomic E-state index is -0.575. The van der Waals surface area contributed by atoms with E-state index in [9.17, 15) is 14.0 Å². The van der Waals surface area contributed by atoms with Crippen molar-refractivity contribution in [2.75, 3.05) is 0 Å². The second kappa shape index (κ2) is 7.99. The van der Waals surface area contributed by atoms with Crippen LogP contribution in [0.15, 0.2) is 35.3 Å². The zero-order valence-corrected chi connectivity index (χ0v) is 15.4. The topological polar surface area (TPSA) is 85.3 Å². The number of hydrogen-bond donors (Lipinski definition) is 4. The molecule has 0 unspecified atom stereocenters. The number of nitrogens with one attached hydrogen (secondary N) is 3. The number of halogens is 3. The fourth-order valence-electron chi connectivity index (χ4n) is 2.52. The van der Waals surface area contributed by atoms with Crippen LogP contribution in [0.2, 0.25) is 5.02 Å². The molecule has 0 spiro atoms. The molecule has 27 heavy (non-hydrogen) atoms. The number of nitrogens with zero attached hydrogens (tertiary/aromatic N) is 2. The highest BCUT2D eigenvalue weighted by atomic mass is 35.5. The molecule has 0 saturated carbocycles. The SMILES string of the molecule is CC(C)NCc1nc2c(F)ccc(C(=Nc3ccc(F)c(Cl)c3)NO)c2[nH]1. The monoisotopic (exact) mass is 393 g/mol. The van der Waals surface area contributed by atoms with Crippen LogP contribution in [0.25, 0.3) is 11.0 Å². The third-order valence-electron chi connectivity index (χ3n) is 3.83. The molecule has 0 aliphatic carbocycles. The first kappa shape index (κ1) is 19.2. The molecular formula is C18H18ClF2N5O. The number of H-pyrrole nitrogens is 1. The van der Waals surface area contributed by atoms with Crippen molar-refractivity contribution in [2.45, 2.75) is 26.4 Å². The third-order valence-corrected chi connectivity index (χ3v) is 4.12. The van der Waals surface area contributed by atoms with Crippen LogP contribution in [0.4, 0.5) is 14.5 Å². The van der Waals surface area contributed by atoms with E-state index in [1.165, 1.54) is 30.3 Å². The van der Waals surface area contributed by atoms with Gasteiger partial charge in [-0.3, -0.25) is 10.7 Å². The van der Waals surface area contributed by atoms with Gasteiger partial charge in [0.25, 0.3) is 0 Å². The van der Waals surface area contributed by atoms with E-state index in [-0.39, 0.29) is 22.4 Å². The number of benzene rings is 2. The highest BCUT2D eigenvalue weighted by Crippen LogP contribution is 2.24. The lowest BCUT2D eigenvalue weighted by Gasteiger charge is -2.07. The smallest absolute Gasteiger partial charge is 0.159 e. The van der Waals surface area contributed by atoms with E-state index in [2.05, 4.69) is 20.3 Å². The molecule has 3 rings (SSSR count). The number of hydrogen-bond acceptors (Lipinski definition) is 4. The molecule has 9 heteroatoms. The molecule has 0 radical (unpaired) electrons. The van der Waals surface area contributed by atoms with E-state index in [1.807, 2.05) is 19.3 Å². The Hall–Kier alpha value is -2.55. The predicted octanol–water partition coefficient (Wildman–Crippen LogP) is 4.05. The number of hydroxylamine groups is 1. The Labute approximate surface area is 159 Å². The molecule has 1 heterocycles. The van der Waals surface area contributed by atoms with Crippen molar-refractivity contribution >= 4 is 34.2 Å². The van der Waals surface area contributed by atoms with Gasteiger partial charge >= 0.3 is 0 Å². The average molecular weight is 394 g/mol. The number of aromatic amines is 1. The summed E-state index contributed by atoms with van der Waals surface area (Å²) in [6, 6.07) is 6.83. The van der Waals surface area contributed by atoms with Crippen LogP contribution in [0.5, 0.6) is 0 Å². The number of amidine groups is 1. The molecule has 2 aromatic carbocycles. The first-order valence-electron chi connectivity index (χ1n) is 8.23. The van der Waals surface area contributed by atoms with Crippen molar-refractivity contribution in [3.05, 3.63) is 58.4 Å². The minimum Gasteiger partial charge on any atom is -0.340 e. The number of aliphatic imine (C=N–C) groups is 1.